The molecule has 0 radical (unpaired) electrons. The predicted molar refractivity (Wildman–Crippen MR) is 114 cm³/mol. The fourth-order valence-corrected chi connectivity index (χ4v) is 3.54. The molecule has 2 aromatic heterocycles. The smallest absolute Gasteiger partial charge is 0.272 e. The number of anilines is 1. The van der Waals surface area contributed by atoms with E-state index in [1.165, 1.54) is 16.3 Å². The summed E-state index contributed by atoms with van der Waals surface area (Å²) in [5, 5.41) is 3.81. The second-order valence-electron chi connectivity index (χ2n) is 6.26. The Labute approximate surface area is 174 Å². The van der Waals surface area contributed by atoms with Crippen molar-refractivity contribution in [2.45, 2.75) is 23.3 Å². The van der Waals surface area contributed by atoms with Crippen LogP contribution in [-0.2, 0) is 4.74 Å². The van der Waals surface area contributed by atoms with Crippen molar-refractivity contribution in [1.29, 1.82) is 0 Å². The molecular formula is C21H24N4O3S. The van der Waals surface area contributed by atoms with Gasteiger partial charge in [0, 0.05) is 39.1 Å². The molecular weight excluding hydrogens is 388 g/mol. The van der Waals surface area contributed by atoms with Gasteiger partial charge in [0.25, 0.3) is 5.56 Å². The third-order valence-corrected chi connectivity index (χ3v) is 5.32. The van der Waals surface area contributed by atoms with E-state index in [9.17, 15) is 4.79 Å². The molecule has 0 atom stereocenters. The highest BCUT2D eigenvalue weighted by atomic mass is 32.2. The lowest BCUT2D eigenvalue weighted by molar-refractivity contribution is 0.172. The number of aromatic nitrogens is 3. The molecule has 8 heteroatoms. The lowest BCUT2D eigenvalue weighted by atomic mass is 10.3. The largest absolute Gasteiger partial charge is 0.494 e. The Balaban J connectivity index is 1.82. The number of pyridine rings is 1. The summed E-state index contributed by atoms with van der Waals surface area (Å²) >= 11 is 1.31. The first-order valence-corrected chi connectivity index (χ1v) is 10.1. The maximum absolute atomic E-state index is 13.1. The maximum Gasteiger partial charge on any atom is 0.272 e. The number of benzene rings is 1. The Bertz CT molecular complexity index is 1010. The lowest BCUT2D eigenvalue weighted by Crippen LogP contribution is -2.21. The molecule has 0 aliphatic rings. The van der Waals surface area contributed by atoms with Crippen molar-refractivity contribution in [3.8, 4) is 11.4 Å². The van der Waals surface area contributed by atoms with Crippen molar-refractivity contribution >= 4 is 17.4 Å². The fraction of sp³-hybridized carbons (Fsp3) is 0.286. The first kappa shape index (κ1) is 20.9. The monoisotopic (exact) mass is 412 g/mol. The minimum Gasteiger partial charge on any atom is -0.494 e. The van der Waals surface area contributed by atoms with Gasteiger partial charge < -0.3 is 14.8 Å². The van der Waals surface area contributed by atoms with E-state index < -0.39 is 0 Å². The molecule has 1 aromatic carbocycles. The SMILES string of the molecule is CNc1ccnc(Sc2c(C)ncn(-c3ccc(OCCCOC)cc3)c2=O)c1. The summed E-state index contributed by atoms with van der Waals surface area (Å²) in [6.07, 6.45) is 4.08. The quantitative estimate of drug-likeness (QED) is 0.539. The third kappa shape index (κ3) is 5.36. The highest BCUT2D eigenvalue weighted by Gasteiger charge is 2.13. The van der Waals surface area contributed by atoms with Gasteiger partial charge in [0.05, 0.1) is 18.0 Å². The zero-order chi connectivity index (χ0) is 20.6. The van der Waals surface area contributed by atoms with Crippen molar-refractivity contribution in [3.63, 3.8) is 0 Å². The molecule has 1 N–H and O–H groups in total. The van der Waals surface area contributed by atoms with Crippen molar-refractivity contribution in [3.05, 3.63) is 65.0 Å². The van der Waals surface area contributed by atoms with Gasteiger partial charge in [-0.2, -0.15) is 0 Å². The molecule has 0 spiro atoms. The summed E-state index contributed by atoms with van der Waals surface area (Å²) in [4.78, 5) is 22.4. The van der Waals surface area contributed by atoms with Crippen LogP contribution in [0, 0.1) is 6.92 Å². The Morgan fingerprint density at radius 3 is 2.66 bits per heavy atom. The summed E-state index contributed by atoms with van der Waals surface area (Å²) in [5.41, 5.74) is 2.20. The normalized spacial score (nSPS) is 10.7. The molecule has 0 bridgehead atoms. The van der Waals surface area contributed by atoms with Crippen LogP contribution in [0.3, 0.4) is 0 Å². The van der Waals surface area contributed by atoms with Gasteiger partial charge in [-0.1, -0.05) is 11.8 Å². The van der Waals surface area contributed by atoms with Crippen molar-refractivity contribution < 1.29 is 9.47 Å². The molecule has 3 rings (SSSR count). The summed E-state index contributed by atoms with van der Waals surface area (Å²) in [7, 11) is 3.51. The Hall–Kier alpha value is -2.84. The van der Waals surface area contributed by atoms with Gasteiger partial charge in [0.1, 0.15) is 22.0 Å². The van der Waals surface area contributed by atoms with Gasteiger partial charge in [0.15, 0.2) is 0 Å². The highest BCUT2D eigenvalue weighted by Crippen LogP contribution is 2.27. The standard InChI is InChI=1S/C21H24N4O3S/c1-15-20(29-19-13-16(22-2)9-10-23-19)21(26)25(14-24-15)17-5-7-18(8-6-17)28-12-4-11-27-3/h5-10,13-14H,4,11-12H2,1-3H3,(H,22,23). The Kier molecular flexibility index (Phi) is 7.26. The number of nitrogens with zero attached hydrogens (tertiary/aromatic N) is 3. The van der Waals surface area contributed by atoms with Crippen LogP contribution in [0.15, 0.2) is 63.6 Å². The predicted octanol–water partition coefficient (Wildman–Crippen LogP) is 3.54. The van der Waals surface area contributed by atoms with Crippen LogP contribution in [0.5, 0.6) is 5.75 Å². The van der Waals surface area contributed by atoms with Crippen LogP contribution >= 0.6 is 11.8 Å². The van der Waals surface area contributed by atoms with E-state index in [-0.39, 0.29) is 5.56 Å². The van der Waals surface area contributed by atoms with Crippen molar-refractivity contribution in [2.24, 2.45) is 0 Å². The van der Waals surface area contributed by atoms with E-state index in [0.29, 0.717) is 23.8 Å². The van der Waals surface area contributed by atoms with Gasteiger partial charge in [-0.3, -0.25) is 9.36 Å². The molecule has 29 heavy (non-hydrogen) atoms. The van der Waals surface area contributed by atoms with Crippen molar-refractivity contribution in [2.75, 3.05) is 32.7 Å². The summed E-state index contributed by atoms with van der Waals surface area (Å²) in [5.74, 6) is 0.751. The molecule has 3 aromatic rings. The number of hydrogen-bond donors (Lipinski definition) is 1. The lowest BCUT2D eigenvalue weighted by Gasteiger charge is -2.11. The zero-order valence-electron chi connectivity index (χ0n) is 16.7. The van der Waals surface area contributed by atoms with E-state index in [2.05, 4.69) is 15.3 Å². The van der Waals surface area contributed by atoms with E-state index in [4.69, 9.17) is 9.47 Å². The minimum absolute atomic E-state index is 0.132. The van der Waals surface area contributed by atoms with Gasteiger partial charge in [-0.15, -0.1) is 0 Å². The van der Waals surface area contributed by atoms with E-state index in [1.807, 2.05) is 50.4 Å². The molecule has 0 saturated heterocycles. The molecule has 0 amide bonds. The van der Waals surface area contributed by atoms with E-state index in [0.717, 1.165) is 28.6 Å². The van der Waals surface area contributed by atoms with E-state index >= 15 is 0 Å². The van der Waals surface area contributed by atoms with Crippen LogP contribution in [-0.4, -0.2) is 41.9 Å². The molecule has 0 fully saturated rings. The molecule has 2 heterocycles. The third-order valence-electron chi connectivity index (χ3n) is 4.22. The summed E-state index contributed by atoms with van der Waals surface area (Å²) in [6, 6.07) is 11.2. The summed E-state index contributed by atoms with van der Waals surface area (Å²) < 4.78 is 12.2. The number of ether oxygens (including phenoxy) is 2. The minimum atomic E-state index is -0.132. The number of aryl methyl sites for hydroxylation is 1. The van der Waals surface area contributed by atoms with Gasteiger partial charge >= 0.3 is 0 Å². The van der Waals surface area contributed by atoms with Crippen molar-refractivity contribution in [1.82, 2.24) is 14.5 Å². The Morgan fingerprint density at radius 1 is 1.14 bits per heavy atom. The number of nitrogens with one attached hydrogen (secondary N) is 1. The second kappa shape index (κ2) is 10.1. The zero-order valence-corrected chi connectivity index (χ0v) is 17.5. The molecule has 7 nitrogen and oxygen atoms in total. The maximum atomic E-state index is 13.1. The molecule has 0 aliphatic carbocycles. The molecule has 0 aliphatic heterocycles. The van der Waals surface area contributed by atoms with Crippen LogP contribution in [0.25, 0.3) is 5.69 Å². The number of rotatable bonds is 9. The van der Waals surface area contributed by atoms with Crippen LogP contribution in [0.4, 0.5) is 5.69 Å². The summed E-state index contributed by atoms with van der Waals surface area (Å²) in [6.45, 7) is 3.07. The molecule has 152 valence electrons. The average molecular weight is 413 g/mol. The topological polar surface area (TPSA) is 78.3 Å². The van der Waals surface area contributed by atoms with Crippen LogP contribution < -0.4 is 15.6 Å². The fourth-order valence-electron chi connectivity index (χ4n) is 2.64. The average Bonchev–Trinajstić information content (AvgIpc) is 2.75. The second-order valence-corrected chi connectivity index (χ2v) is 7.29. The molecule has 0 unspecified atom stereocenters. The van der Waals surface area contributed by atoms with E-state index in [1.54, 1.807) is 19.6 Å². The van der Waals surface area contributed by atoms with Gasteiger partial charge in [-0.25, -0.2) is 9.97 Å². The van der Waals surface area contributed by atoms with Crippen LogP contribution in [0.2, 0.25) is 0 Å². The number of methoxy groups -OCH3 is 1. The first-order chi connectivity index (χ1) is 14.1. The highest BCUT2D eigenvalue weighted by molar-refractivity contribution is 7.99. The first-order valence-electron chi connectivity index (χ1n) is 9.24. The van der Waals surface area contributed by atoms with Crippen LogP contribution in [0.1, 0.15) is 12.1 Å². The van der Waals surface area contributed by atoms with Gasteiger partial charge in [0.2, 0.25) is 0 Å². The molecule has 0 saturated carbocycles. The van der Waals surface area contributed by atoms with Gasteiger partial charge in [-0.05, 0) is 43.3 Å². The Morgan fingerprint density at radius 2 is 1.93 bits per heavy atom. The number of hydrogen-bond acceptors (Lipinski definition) is 7.